The van der Waals surface area contributed by atoms with Crippen molar-refractivity contribution in [2.24, 2.45) is 0 Å². The van der Waals surface area contributed by atoms with Crippen LogP contribution in [0.1, 0.15) is 17.4 Å². The maximum absolute atomic E-state index is 10.8. The van der Waals surface area contributed by atoms with Gasteiger partial charge >= 0.3 is 0 Å². The number of hydrogen-bond acceptors (Lipinski definition) is 7. The van der Waals surface area contributed by atoms with E-state index >= 15 is 0 Å². The van der Waals surface area contributed by atoms with Crippen LogP contribution in [0.5, 0.6) is 17.2 Å². The molecule has 146 valence electrons. The standard InChI is InChI=1S/C19H19N3O6/c1-26-15-8-12(9-16(27-2)18(15)28-3)17(23)14-10-20-19(21-14)11-4-6-13(7-5-11)22(24)25/h4-10,17,23H,1-3H3,(H,20,21). The number of hydrogen-bond donors (Lipinski definition) is 2. The van der Waals surface area contributed by atoms with Crippen LogP contribution in [0.4, 0.5) is 5.69 Å². The molecule has 0 aliphatic heterocycles. The quantitative estimate of drug-likeness (QED) is 0.474. The van der Waals surface area contributed by atoms with Gasteiger partial charge in [0.2, 0.25) is 5.75 Å². The molecular weight excluding hydrogens is 366 g/mol. The second-order valence-corrected chi connectivity index (χ2v) is 5.85. The fourth-order valence-electron chi connectivity index (χ4n) is 2.80. The zero-order valence-electron chi connectivity index (χ0n) is 15.5. The van der Waals surface area contributed by atoms with E-state index in [0.29, 0.717) is 39.9 Å². The van der Waals surface area contributed by atoms with Crippen LogP contribution in [0.15, 0.2) is 42.6 Å². The van der Waals surface area contributed by atoms with Crippen molar-refractivity contribution in [3.63, 3.8) is 0 Å². The lowest BCUT2D eigenvalue weighted by atomic mass is 10.1. The van der Waals surface area contributed by atoms with Crippen molar-refractivity contribution in [1.29, 1.82) is 0 Å². The van der Waals surface area contributed by atoms with Gasteiger partial charge in [-0.05, 0) is 29.8 Å². The van der Waals surface area contributed by atoms with Gasteiger partial charge < -0.3 is 24.3 Å². The topological polar surface area (TPSA) is 120 Å². The summed E-state index contributed by atoms with van der Waals surface area (Å²) in [6, 6.07) is 9.27. The summed E-state index contributed by atoms with van der Waals surface area (Å²) < 4.78 is 15.9. The molecule has 0 radical (unpaired) electrons. The molecule has 28 heavy (non-hydrogen) atoms. The number of methoxy groups -OCH3 is 3. The molecule has 3 rings (SSSR count). The zero-order chi connectivity index (χ0) is 20.3. The highest BCUT2D eigenvalue weighted by Gasteiger charge is 2.20. The molecule has 3 aromatic rings. The summed E-state index contributed by atoms with van der Waals surface area (Å²) in [5.41, 5.74) is 1.62. The molecule has 2 N–H and O–H groups in total. The Morgan fingerprint density at radius 1 is 1.07 bits per heavy atom. The molecule has 0 aliphatic carbocycles. The van der Waals surface area contributed by atoms with E-state index in [1.165, 1.54) is 39.7 Å². The number of ether oxygens (including phenoxy) is 3. The van der Waals surface area contributed by atoms with Crippen molar-refractivity contribution in [3.05, 3.63) is 64.0 Å². The number of nitrogens with zero attached hydrogens (tertiary/aromatic N) is 2. The number of aliphatic hydroxyl groups excluding tert-OH is 1. The largest absolute Gasteiger partial charge is 0.493 e. The lowest BCUT2D eigenvalue weighted by Gasteiger charge is -2.16. The molecule has 1 aromatic heterocycles. The number of nitro benzene ring substituents is 1. The third-order valence-corrected chi connectivity index (χ3v) is 4.24. The van der Waals surface area contributed by atoms with Gasteiger partial charge in [-0.3, -0.25) is 10.1 Å². The molecule has 1 heterocycles. The SMILES string of the molecule is COc1cc(C(O)c2cnc(-c3ccc([N+](=O)[O-])cc3)[nH]2)cc(OC)c1OC. The van der Waals surface area contributed by atoms with Crippen LogP contribution in [-0.2, 0) is 0 Å². The predicted molar refractivity (Wildman–Crippen MR) is 101 cm³/mol. The molecule has 0 aliphatic rings. The van der Waals surface area contributed by atoms with Gasteiger partial charge in [0, 0.05) is 17.7 Å². The van der Waals surface area contributed by atoms with E-state index in [9.17, 15) is 15.2 Å². The van der Waals surface area contributed by atoms with Crippen LogP contribution in [0, 0.1) is 10.1 Å². The van der Waals surface area contributed by atoms with Crippen molar-refractivity contribution < 1.29 is 24.2 Å². The normalized spacial score (nSPS) is 11.7. The Hall–Kier alpha value is -3.59. The molecule has 2 aromatic carbocycles. The van der Waals surface area contributed by atoms with Gasteiger partial charge in [-0.15, -0.1) is 0 Å². The van der Waals surface area contributed by atoms with E-state index in [0.717, 1.165) is 0 Å². The first-order chi connectivity index (χ1) is 13.5. The number of H-pyrrole nitrogens is 1. The van der Waals surface area contributed by atoms with Gasteiger partial charge in [-0.1, -0.05) is 0 Å². The maximum atomic E-state index is 10.8. The van der Waals surface area contributed by atoms with E-state index in [1.54, 1.807) is 24.3 Å². The number of aliphatic hydroxyl groups is 1. The molecule has 0 saturated heterocycles. The van der Waals surface area contributed by atoms with Crippen LogP contribution in [-0.4, -0.2) is 41.3 Å². The zero-order valence-corrected chi connectivity index (χ0v) is 15.5. The molecule has 0 amide bonds. The first kappa shape index (κ1) is 19.2. The second kappa shape index (κ2) is 7.97. The minimum absolute atomic E-state index is 0.00649. The number of rotatable bonds is 7. The molecule has 1 unspecified atom stereocenters. The molecular formula is C19H19N3O6. The number of aromatic nitrogens is 2. The van der Waals surface area contributed by atoms with Crippen LogP contribution in [0.3, 0.4) is 0 Å². The Kier molecular flexibility index (Phi) is 5.46. The van der Waals surface area contributed by atoms with Gasteiger partial charge in [-0.25, -0.2) is 4.98 Å². The van der Waals surface area contributed by atoms with E-state index < -0.39 is 11.0 Å². The average Bonchev–Trinajstić information content (AvgIpc) is 3.22. The maximum Gasteiger partial charge on any atom is 0.269 e. The number of imidazole rings is 1. The highest BCUT2D eigenvalue weighted by molar-refractivity contribution is 5.58. The van der Waals surface area contributed by atoms with E-state index in [1.807, 2.05) is 0 Å². The minimum Gasteiger partial charge on any atom is -0.493 e. The van der Waals surface area contributed by atoms with Crippen molar-refractivity contribution in [3.8, 4) is 28.6 Å². The Morgan fingerprint density at radius 3 is 2.18 bits per heavy atom. The summed E-state index contributed by atoms with van der Waals surface area (Å²) in [4.78, 5) is 17.6. The van der Waals surface area contributed by atoms with Gasteiger partial charge in [-0.2, -0.15) is 0 Å². The first-order valence-electron chi connectivity index (χ1n) is 8.26. The van der Waals surface area contributed by atoms with Crippen molar-refractivity contribution in [1.82, 2.24) is 9.97 Å². The highest BCUT2D eigenvalue weighted by Crippen LogP contribution is 2.40. The number of benzene rings is 2. The Balaban J connectivity index is 1.92. The number of aromatic amines is 1. The molecule has 0 saturated carbocycles. The lowest BCUT2D eigenvalue weighted by Crippen LogP contribution is -2.03. The minimum atomic E-state index is -1.02. The van der Waals surface area contributed by atoms with E-state index in [-0.39, 0.29) is 5.69 Å². The number of nitro groups is 1. The second-order valence-electron chi connectivity index (χ2n) is 5.85. The molecule has 9 nitrogen and oxygen atoms in total. The Morgan fingerprint density at radius 2 is 1.68 bits per heavy atom. The first-order valence-corrected chi connectivity index (χ1v) is 8.26. The Bertz CT molecular complexity index is 959. The van der Waals surface area contributed by atoms with Gasteiger partial charge in [0.05, 0.1) is 38.1 Å². The summed E-state index contributed by atoms with van der Waals surface area (Å²) in [5, 5.41) is 21.5. The molecule has 0 fully saturated rings. The fraction of sp³-hybridized carbons (Fsp3) is 0.211. The van der Waals surface area contributed by atoms with Gasteiger partial charge in [0.15, 0.2) is 11.5 Å². The molecule has 0 bridgehead atoms. The van der Waals surface area contributed by atoms with Gasteiger partial charge in [0.25, 0.3) is 5.69 Å². The van der Waals surface area contributed by atoms with Crippen molar-refractivity contribution in [2.45, 2.75) is 6.10 Å². The molecule has 9 heteroatoms. The predicted octanol–water partition coefficient (Wildman–Crippen LogP) is 3.09. The van der Waals surface area contributed by atoms with Crippen molar-refractivity contribution in [2.75, 3.05) is 21.3 Å². The van der Waals surface area contributed by atoms with Crippen LogP contribution in [0.2, 0.25) is 0 Å². The summed E-state index contributed by atoms with van der Waals surface area (Å²) in [6.45, 7) is 0. The van der Waals surface area contributed by atoms with Crippen LogP contribution >= 0.6 is 0 Å². The third-order valence-electron chi connectivity index (χ3n) is 4.24. The Labute approximate surface area is 160 Å². The van der Waals surface area contributed by atoms with Crippen LogP contribution in [0.25, 0.3) is 11.4 Å². The summed E-state index contributed by atoms with van der Waals surface area (Å²) in [5.74, 6) is 1.76. The summed E-state index contributed by atoms with van der Waals surface area (Å²) >= 11 is 0. The lowest BCUT2D eigenvalue weighted by molar-refractivity contribution is -0.384. The summed E-state index contributed by atoms with van der Waals surface area (Å²) in [7, 11) is 4.49. The smallest absolute Gasteiger partial charge is 0.269 e. The fourth-order valence-corrected chi connectivity index (χ4v) is 2.80. The number of non-ortho nitro benzene ring substituents is 1. The van der Waals surface area contributed by atoms with E-state index in [2.05, 4.69) is 9.97 Å². The molecule has 0 spiro atoms. The average molecular weight is 385 g/mol. The van der Waals surface area contributed by atoms with Crippen molar-refractivity contribution >= 4 is 5.69 Å². The monoisotopic (exact) mass is 385 g/mol. The van der Waals surface area contributed by atoms with Crippen LogP contribution < -0.4 is 14.2 Å². The number of nitrogens with one attached hydrogen (secondary N) is 1. The highest BCUT2D eigenvalue weighted by atomic mass is 16.6. The third kappa shape index (κ3) is 3.60. The molecule has 1 atom stereocenters. The van der Waals surface area contributed by atoms with Gasteiger partial charge in [0.1, 0.15) is 11.9 Å². The van der Waals surface area contributed by atoms with E-state index in [4.69, 9.17) is 14.2 Å². The summed E-state index contributed by atoms with van der Waals surface area (Å²) in [6.07, 6.45) is 0.484.